The third kappa shape index (κ3) is 4.21. The van der Waals surface area contributed by atoms with Gasteiger partial charge in [-0.15, -0.1) is 0 Å². The summed E-state index contributed by atoms with van der Waals surface area (Å²) in [6.07, 6.45) is 4.18. The van der Waals surface area contributed by atoms with Gasteiger partial charge >= 0.3 is 0 Å². The highest BCUT2D eigenvalue weighted by molar-refractivity contribution is 8.00. The van der Waals surface area contributed by atoms with Crippen molar-refractivity contribution in [2.45, 2.75) is 29.9 Å². The number of hydrogen-bond donors (Lipinski definition) is 2. The maximum absolute atomic E-state index is 12.0. The molecule has 0 atom stereocenters. The molecule has 0 saturated heterocycles. The molecular formula is C13H19NO3S2. The fourth-order valence-corrected chi connectivity index (χ4v) is 3.96. The Morgan fingerprint density at radius 2 is 2.05 bits per heavy atom. The summed E-state index contributed by atoms with van der Waals surface area (Å²) in [6, 6.07) is 7.03. The Balaban J connectivity index is 1.96. The smallest absolute Gasteiger partial charge is 0.215 e. The Labute approximate surface area is 118 Å². The first-order valence-electron chi connectivity index (χ1n) is 6.20. The molecule has 0 radical (unpaired) electrons. The summed E-state index contributed by atoms with van der Waals surface area (Å²) >= 11 is 1.73. The van der Waals surface area contributed by atoms with Crippen molar-refractivity contribution in [2.24, 2.45) is 0 Å². The van der Waals surface area contributed by atoms with Gasteiger partial charge in [0.1, 0.15) is 0 Å². The monoisotopic (exact) mass is 301 g/mol. The molecule has 2 N–H and O–H groups in total. The van der Waals surface area contributed by atoms with Crippen LogP contribution in [0.4, 0.5) is 0 Å². The first kappa shape index (κ1) is 14.8. The number of hydrogen-bond acceptors (Lipinski definition) is 4. The lowest BCUT2D eigenvalue weighted by atomic mass is 10.1. The molecule has 0 spiro atoms. The van der Waals surface area contributed by atoms with Crippen molar-refractivity contribution in [1.82, 2.24) is 4.72 Å². The fourth-order valence-electron chi connectivity index (χ4n) is 1.92. The molecule has 2 rings (SSSR count). The minimum absolute atomic E-state index is 0.0364. The summed E-state index contributed by atoms with van der Waals surface area (Å²) in [5.74, 6) is -0.0364. The summed E-state index contributed by atoms with van der Waals surface area (Å²) in [4.78, 5) is 0. The summed E-state index contributed by atoms with van der Waals surface area (Å²) in [6.45, 7) is 0.438. The molecule has 6 heteroatoms. The quantitative estimate of drug-likeness (QED) is 0.801. The lowest BCUT2D eigenvalue weighted by molar-refractivity contribution is 0.282. The largest absolute Gasteiger partial charge is 0.392 e. The molecule has 0 heterocycles. The number of benzene rings is 1. The van der Waals surface area contributed by atoms with E-state index in [9.17, 15) is 8.42 Å². The van der Waals surface area contributed by atoms with Gasteiger partial charge < -0.3 is 5.11 Å². The van der Waals surface area contributed by atoms with Gasteiger partial charge in [-0.2, -0.15) is 11.8 Å². The van der Waals surface area contributed by atoms with Gasteiger partial charge in [-0.3, -0.25) is 0 Å². The van der Waals surface area contributed by atoms with Crippen LogP contribution in [0.2, 0.25) is 0 Å². The molecule has 1 fully saturated rings. The molecule has 0 bridgehead atoms. The number of aliphatic hydroxyl groups is 1. The average Bonchev–Trinajstić information content (AvgIpc) is 3.17. The summed E-state index contributed by atoms with van der Waals surface area (Å²) in [5.41, 5.74) is 1.43. The van der Waals surface area contributed by atoms with Gasteiger partial charge in [0.05, 0.1) is 12.4 Å². The molecule has 19 heavy (non-hydrogen) atoms. The zero-order valence-electron chi connectivity index (χ0n) is 10.9. The third-order valence-corrected chi connectivity index (χ3v) is 6.10. The van der Waals surface area contributed by atoms with Crippen LogP contribution in [0.3, 0.4) is 0 Å². The Hall–Kier alpha value is -0.560. The van der Waals surface area contributed by atoms with Crippen LogP contribution in [0.5, 0.6) is 0 Å². The van der Waals surface area contributed by atoms with Gasteiger partial charge in [-0.25, -0.2) is 13.1 Å². The number of nitrogens with one attached hydrogen (secondary N) is 1. The van der Waals surface area contributed by atoms with Crippen LogP contribution in [0.25, 0.3) is 0 Å². The molecule has 1 aromatic rings. The van der Waals surface area contributed by atoms with Crippen molar-refractivity contribution >= 4 is 21.8 Å². The predicted octanol–water partition coefficient (Wildman–Crippen LogP) is 1.49. The SMILES string of the molecule is CSC1(CNS(=O)(=O)Cc2cccc(CO)c2)CC1. The second kappa shape index (κ2) is 5.83. The topological polar surface area (TPSA) is 66.4 Å². The van der Waals surface area contributed by atoms with E-state index in [2.05, 4.69) is 4.72 Å². The number of aliphatic hydroxyl groups excluding tert-OH is 1. The van der Waals surface area contributed by atoms with E-state index >= 15 is 0 Å². The van der Waals surface area contributed by atoms with Crippen molar-refractivity contribution in [1.29, 1.82) is 0 Å². The van der Waals surface area contributed by atoms with Crippen LogP contribution in [-0.4, -0.2) is 31.1 Å². The first-order valence-corrected chi connectivity index (χ1v) is 9.07. The molecule has 1 aliphatic rings. The normalized spacial score (nSPS) is 17.4. The van der Waals surface area contributed by atoms with Crippen molar-refractivity contribution in [3.8, 4) is 0 Å². The molecular weight excluding hydrogens is 282 g/mol. The van der Waals surface area contributed by atoms with Gasteiger partial charge in [0, 0.05) is 11.3 Å². The van der Waals surface area contributed by atoms with Gasteiger partial charge in [0.2, 0.25) is 10.0 Å². The zero-order valence-corrected chi connectivity index (χ0v) is 12.6. The van der Waals surface area contributed by atoms with Crippen LogP contribution in [0.1, 0.15) is 24.0 Å². The van der Waals surface area contributed by atoms with E-state index in [1.54, 1.807) is 36.0 Å². The number of sulfonamides is 1. The fraction of sp³-hybridized carbons (Fsp3) is 0.538. The highest BCUT2D eigenvalue weighted by Gasteiger charge is 2.42. The van der Waals surface area contributed by atoms with Crippen LogP contribution < -0.4 is 4.72 Å². The minimum Gasteiger partial charge on any atom is -0.392 e. The van der Waals surface area contributed by atoms with Crippen LogP contribution in [-0.2, 0) is 22.4 Å². The van der Waals surface area contributed by atoms with Crippen LogP contribution in [0, 0.1) is 0 Å². The molecule has 0 aromatic heterocycles. The van der Waals surface area contributed by atoms with Crippen molar-refractivity contribution in [3.05, 3.63) is 35.4 Å². The van der Waals surface area contributed by atoms with Gasteiger partial charge in [0.15, 0.2) is 0 Å². The van der Waals surface area contributed by atoms with Gasteiger partial charge in [-0.05, 0) is 30.2 Å². The lowest BCUT2D eigenvalue weighted by Crippen LogP contribution is -2.32. The van der Waals surface area contributed by atoms with E-state index < -0.39 is 10.0 Å². The zero-order chi connectivity index (χ0) is 13.9. The van der Waals surface area contributed by atoms with E-state index in [0.717, 1.165) is 18.4 Å². The van der Waals surface area contributed by atoms with Crippen molar-refractivity contribution in [3.63, 3.8) is 0 Å². The van der Waals surface area contributed by atoms with Crippen molar-refractivity contribution in [2.75, 3.05) is 12.8 Å². The number of rotatable bonds is 7. The van der Waals surface area contributed by atoms with E-state index in [0.29, 0.717) is 12.1 Å². The van der Waals surface area contributed by atoms with E-state index in [4.69, 9.17) is 5.11 Å². The molecule has 1 saturated carbocycles. The highest BCUT2D eigenvalue weighted by atomic mass is 32.2. The first-order chi connectivity index (χ1) is 8.99. The van der Waals surface area contributed by atoms with Crippen LogP contribution >= 0.6 is 11.8 Å². The Bertz CT molecular complexity index is 539. The van der Waals surface area contributed by atoms with Gasteiger partial charge in [0.25, 0.3) is 0 Å². The van der Waals surface area contributed by atoms with Gasteiger partial charge in [-0.1, -0.05) is 24.3 Å². The molecule has 0 aliphatic heterocycles. The second-order valence-corrected chi connectivity index (χ2v) is 8.03. The summed E-state index contributed by atoms with van der Waals surface area (Å²) in [5, 5.41) is 9.04. The third-order valence-electron chi connectivity index (χ3n) is 3.39. The predicted molar refractivity (Wildman–Crippen MR) is 78.5 cm³/mol. The van der Waals surface area contributed by atoms with Crippen LogP contribution in [0.15, 0.2) is 24.3 Å². The molecule has 0 unspecified atom stereocenters. The maximum Gasteiger partial charge on any atom is 0.215 e. The second-order valence-electron chi connectivity index (χ2n) is 4.95. The van der Waals surface area contributed by atoms with E-state index in [-0.39, 0.29) is 17.1 Å². The lowest BCUT2D eigenvalue weighted by Gasteiger charge is -2.13. The molecule has 1 aliphatic carbocycles. The summed E-state index contributed by atoms with van der Waals surface area (Å²) in [7, 11) is -3.31. The van der Waals surface area contributed by atoms with Crippen molar-refractivity contribution < 1.29 is 13.5 Å². The van der Waals surface area contributed by atoms with E-state index in [1.807, 2.05) is 6.26 Å². The Kier molecular flexibility index (Phi) is 4.55. The molecule has 106 valence electrons. The minimum atomic E-state index is -3.31. The molecule has 0 amide bonds. The maximum atomic E-state index is 12.0. The highest BCUT2D eigenvalue weighted by Crippen LogP contribution is 2.46. The molecule has 4 nitrogen and oxygen atoms in total. The molecule has 1 aromatic carbocycles. The number of thioether (sulfide) groups is 1. The summed E-state index contributed by atoms with van der Waals surface area (Å²) < 4.78 is 26.8. The Morgan fingerprint density at radius 1 is 1.37 bits per heavy atom. The average molecular weight is 301 g/mol. The van der Waals surface area contributed by atoms with E-state index in [1.165, 1.54) is 0 Å². The Morgan fingerprint density at radius 3 is 2.63 bits per heavy atom. The standard InChI is InChI=1S/C13H19NO3S2/c1-18-13(5-6-13)10-14-19(16,17)9-12-4-2-3-11(7-12)8-15/h2-4,7,14-15H,5-6,8-10H2,1H3.